The van der Waals surface area contributed by atoms with E-state index in [1.165, 1.54) is 36.2 Å². The molecule has 2 amide bonds. The first kappa shape index (κ1) is 27.5. The number of rotatable bonds is 9. The molecule has 0 saturated carbocycles. The van der Waals surface area contributed by atoms with Crippen LogP contribution in [0.4, 0.5) is 5.69 Å². The van der Waals surface area contributed by atoms with Crippen LogP contribution < -0.4 is 9.62 Å². The van der Waals surface area contributed by atoms with Crippen LogP contribution in [0.15, 0.2) is 77.7 Å². The Balaban J connectivity index is 2.07. The van der Waals surface area contributed by atoms with Gasteiger partial charge in [-0.15, -0.1) is 0 Å². The van der Waals surface area contributed by atoms with Gasteiger partial charge in [0, 0.05) is 13.6 Å². The normalized spacial score (nSPS) is 12.0. The van der Waals surface area contributed by atoms with Crippen LogP contribution >= 0.6 is 23.2 Å². The molecule has 0 bridgehead atoms. The predicted molar refractivity (Wildman–Crippen MR) is 143 cm³/mol. The van der Waals surface area contributed by atoms with E-state index in [9.17, 15) is 18.0 Å². The van der Waals surface area contributed by atoms with E-state index < -0.39 is 28.5 Å². The number of nitrogens with zero attached hydrogens (tertiary/aromatic N) is 2. The Bertz CT molecular complexity index is 1330. The highest BCUT2D eigenvalue weighted by Crippen LogP contribution is 2.35. The molecule has 7 nitrogen and oxygen atoms in total. The number of anilines is 1. The largest absolute Gasteiger partial charge is 0.357 e. The maximum absolute atomic E-state index is 13.8. The van der Waals surface area contributed by atoms with Crippen molar-refractivity contribution < 1.29 is 18.0 Å². The van der Waals surface area contributed by atoms with Crippen LogP contribution in [-0.2, 0) is 26.2 Å². The third-order valence-corrected chi connectivity index (χ3v) is 8.28. The summed E-state index contributed by atoms with van der Waals surface area (Å²) in [5.41, 5.74) is 1.73. The minimum Gasteiger partial charge on any atom is -0.357 e. The topological polar surface area (TPSA) is 86.8 Å². The van der Waals surface area contributed by atoms with Gasteiger partial charge in [-0.05, 0) is 43.7 Å². The minimum atomic E-state index is -4.22. The lowest BCUT2D eigenvalue weighted by atomic mass is 10.1. The van der Waals surface area contributed by atoms with E-state index in [0.717, 1.165) is 15.4 Å². The van der Waals surface area contributed by atoms with E-state index in [1.807, 2.05) is 37.3 Å². The Morgan fingerprint density at radius 3 is 2.19 bits per heavy atom. The molecule has 0 aliphatic rings. The maximum atomic E-state index is 13.8. The van der Waals surface area contributed by atoms with Crippen molar-refractivity contribution in [3.8, 4) is 0 Å². The Hall–Kier alpha value is -3.07. The summed E-state index contributed by atoms with van der Waals surface area (Å²) in [6, 6.07) is 19.1. The molecule has 3 aromatic rings. The number of nitrogens with one attached hydrogen (secondary N) is 1. The average molecular weight is 548 g/mol. The fraction of sp³-hybridized carbons (Fsp3) is 0.231. The minimum absolute atomic E-state index is 0.00314. The van der Waals surface area contributed by atoms with Crippen molar-refractivity contribution >= 4 is 50.7 Å². The smallest absolute Gasteiger partial charge is 0.264 e. The quantitative estimate of drug-likeness (QED) is 0.422. The number of benzene rings is 3. The van der Waals surface area contributed by atoms with Crippen LogP contribution in [0.25, 0.3) is 0 Å². The molecule has 0 fully saturated rings. The summed E-state index contributed by atoms with van der Waals surface area (Å²) in [7, 11) is -2.74. The summed E-state index contributed by atoms with van der Waals surface area (Å²) in [4.78, 5) is 27.5. The van der Waals surface area contributed by atoms with E-state index >= 15 is 0 Å². The zero-order valence-electron chi connectivity index (χ0n) is 20.1. The van der Waals surface area contributed by atoms with Gasteiger partial charge in [0.05, 0.1) is 20.6 Å². The summed E-state index contributed by atoms with van der Waals surface area (Å²) >= 11 is 12.6. The molecule has 1 N–H and O–H groups in total. The van der Waals surface area contributed by atoms with Gasteiger partial charge in [-0.2, -0.15) is 0 Å². The summed E-state index contributed by atoms with van der Waals surface area (Å²) in [6.45, 7) is 2.94. The summed E-state index contributed by atoms with van der Waals surface area (Å²) in [5.74, 6) is -0.963. The van der Waals surface area contributed by atoms with Gasteiger partial charge in [-0.3, -0.25) is 13.9 Å². The number of hydrogen-bond acceptors (Lipinski definition) is 4. The molecular formula is C26H27Cl2N3O4S. The van der Waals surface area contributed by atoms with Crippen LogP contribution in [0.2, 0.25) is 10.0 Å². The Morgan fingerprint density at radius 2 is 1.58 bits per heavy atom. The lowest BCUT2D eigenvalue weighted by molar-refractivity contribution is -0.139. The molecule has 0 spiro atoms. The first-order valence-corrected chi connectivity index (χ1v) is 13.3. The Labute approximate surface area is 221 Å². The molecule has 36 heavy (non-hydrogen) atoms. The van der Waals surface area contributed by atoms with Crippen molar-refractivity contribution in [3.63, 3.8) is 0 Å². The molecule has 0 aromatic heterocycles. The van der Waals surface area contributed by atoms with Crippen molar-refractivity contribution in [2.24, 2.45) is 0 Å². The number of aryl methyl sites for hydroxylation is 1. The molecule has 3 aromatic carbocycles. The highest BCUT2D eigenvalue weighted by molar-refractivity contribution is 7.92. The Kier molecular flexibility index (Phi) is 9.00. The molecule has 0 aliphatic heterocycles. The van der Waals surface area contributed by atoms with Gasteiger partial charge in [-0.25, -0.2) is 8.42 Å². The van der Waals surface area contributed by atoms with Crippen LogP contribution in [0, 0.1) is 6.92 Å². The highest BCUT2D eigenvalue weighted by Gasteiger charge is 2.33. The number of amides is 2. The van der Waals surface area contributed by atoms with Gasteiger partial charge in [0.2, 0.25) is 11.8 Å². The number of likely N-dealkylation sites (N-methyl/N-ethyl adjacent to an activating group) is 1. The van der Waals surface area contributed by atoms with Crippen LogP contribution in [0.1, 0.15) is 18.1 Å². The highest BCUT2D eigenvalue weighted by atomic mass is 35.5. The monoisotopic (exact) mass is 547 g/mol. The van der Waals surface area contributed by atoms with Gasteiger partial charge >= 0.3 is 0 Å². The van der Waals surface area contributed by atoms with Crippen LogP contribution in [-0.4, -0.2) is 44.8 Å². The van der Waals surface area contributed by atoms with E-state index in [2.05, 4.69) is 5.32 Å². The molecule has 1 unspecified atom stereocenters. The molecule has 10 heteroatoms. The number of hydrogen-bond donors (Lipinski definition) is 1. The van der Waals surface area contributed by atoms with Crippen molar-refractivity contribution in [3.05, 3.63) is 94.0 Å². The number of carbonyl (C=O) groups excluding carboxylic acids is 2. The van der Waals surface area contributed by atoms with Crippen LogP contribution in [0.3, 0.4) is 0 Å². The molecule has 0 heterocycles. The Morgan fingerprint density at radius 1 is 0.944 bits per heavy atom. The fourth-order valence-corrected chi connectivity index (χ4v) is 5.48. The summed E-state index contributed by atoms with van der Waals surface area (Å²) < 4.78 is 28.4. The second-order valence-corrected chi connectivity index (χ2v) is 10.8. The first-order valence-electron chi connectivity index (χ1n) is 11.1. The molecular weight excluding hydrogens is 521 g/mol. The van der Waals surface area contributed by atoms with Crippen molar-refractivity contribution in [1.82, 2.24) is 10.2 Å². The second-order valence-electron chi connectivity index (χ2n) is 8.20. The maximum Gasteiger partial charge on any atom is 0.264 e. The van der Waals surface area contributed by atoms with Crippen molar-refractivity contribution in [2.45, 2.75) is 31.3 Å². The van der Waals surface area contributed by atoms with E-state index in [1.54, 1.807) is 25.1 Å². The standard InChI is InChI=1S/C26H27Cl2N3O4S/c1-18-12-14-21(15-13-18)36(34,35)31(23-11-7-10-22(27)25(23)28)17-24(32)30(19(2)26(33)29-3)16-20-8-5-4-6-9-20/h4-15,19H,16-17H2,1-3H3,(H,29,33). The van der Waals surface area contributed by atoms with Gasteiger partial charge in [-0.1, -0.05) is 77.3 Å². The lowest BCUT2D eigenvalue weighted by Gasteiger charge is -2.32. The van der Waals surface area contributed by atoms with E-state index in [4.69, 9.17) is 23.2 Å². The molecule has 1 atom stereocenters. The van der Waals surface area contributed by atoms with Gasteiger partial charge in [0.15, 0.2) is 0 Å². The zero-order chi connectivity index (χ0) is 26.5. The fourth-order valence-electron chi connectivity index (χ4n) is 3.61. The lowest BCUT2D eigenvalue weighted by Crippen LogP contribution is -2.50. The third kappa shape index (κ3) is 6.19. The number of carbonyl (C=O) groups is 2. The molecule has 0 aliphatic carbocycles. The SMILES string of the molecule is CNC(=O)C(C)N(Cc1ccccc1)C(=O)CN(c1cccc(Cl)c1Cl)S(=O)(=O)c1ccc(C)cc1. The third-order valence-electron chi connectivity index (χ3n) is 5.70. The summed E-state index contributed by atoms with van der Waals surface area (Å²) in [5, 5.41) is 2.69. The van der Waals surface area contributed by atoms with Crippen LogP contribution in [0.5, 0.6) is 0 Å². The van der Waals surface area contributed by atoms with Gasteiger partial charge in [0.1, 0.15) is 12.6 Å². The average Bonchev–Trinajstić information content (AvgIpc) is 2.87. The van der Waals surface area contributed by atoms with Crippen molar-refractivity contribution in [1.29, 1.82) is 0 Å². The predicted octanol–water partition coefficient (Wildman–Crippen LogP) is 4.66. The number of sulfonamides is 1. The molecule has 3 rings (SSSR count). The zero-order valence-corrected chi connectivity index (χ0v) is 22.4. The van der Waals surface area contributed by atoms with E-state index in [0.29, 0.717) is 0 Å². The summed E-state index contributed by atoms with van der Waals surface area (Å²) in [6.07, 6.45) is 0. The molecule has 0 radical (unpaired) electrons. The second kappa shape index (κ2) is 11.8. The number of halogens is 2. The van der Waals surface area contributed by atoms with Gasteiger partial charge in [0.25, 0.3) is 10.0 Å². The molecule has 190 valence electrons. The van der Waals surface area contributed by atoms with Gasteiger partial charge < -0.3 is 10.2 Å². The molecule has 0 saturated heterocycles. The van der Waals surface area contributed by atoms with Crippen molar-refractivity contribution in [2.75, 3.05) is 17.9 Å². The first-order chi connectivity index (χ1) is 17.1. The van der Waals surface area contributed by atoms with E-state index in [-0.39, 0.29) is 33.1 Å².